The maximum absolute atomic E-state index is 13.6. The molecule has 2 aromatic carbocycles. The van der Waals surface area contributed by atoms with Crippen LogP contribution in [0.2, 0.25) is 0 Å². The van der Waals surface area contributed by atoms with Crippen molar-refractivity contribution in [2.75, 3.05) is 16.8 Å². The van der Waals surface area contributed by atoms with Gasteiger partial charge in [0.1, 0.15) is 11.5 Å². The predicted octanol–water partition coefficient (Wildman–Crippen LogP) is 6.27. The number of ether oxygens (including phenoxy) is 1. The summed E-state index contributed by atoms with van der Waals surface area (Å²) in [5.41, 5.74) is 3.18. The van der Waals surface area contributed by atoms with E-state index < -0.39 is 12.0 Å². The number of rotatable bonds is 6. The first kappa shape index (κ1) is 23.1. The molecule has 1 heterocycles. The van der Waals surface area contributed by atoms with Gasteiger partial charge in [0.25, 0.3) is 0 Å². The van der Waals surface area contributed by atoms with Crippen molar-refractivity contribution in [1.82, 2.24) is 0 Å². The molecule has 5 heteroatoms. The Kier molecular flexibility index (Phi) is 6.59. The molecule has 2 atom stereocenters. The summed E-state index contributed by atoms with van der Waals surface area (Å²) in [5.74, 6) is 0.440. The Morgan fingerprint density at radius 3 is 2.70 bits per heavy atom. The summed E-state index contributed by atoms with van der Waals surface area (Å²) in [4.78, 5) is 28.9. The second kappa shape index (κ2) is 9.42. The van der Waals surface area contributed by atoms with Crippen LogP contribution in [-0.2, 0) is 9.59 Å². The zero-order valence-electron chi connectivity index (χ0n) is 20.1. The average molecular weight is 447 g/mol. The molecule has 0 saturated heterocycles. The predicted molar refractivity (Wildman–Crippen MR) is 132 cm³/mol. The van der Waals surface area contributed by atoms with E-state index >= 15 is 0 Å². The van der Waals surface area contributed by atoms with Crippen molar-refractivity contribution < 1.29 is 14.3 Å². The molecule has 1 N–H and O–H groups in total. The molecular weight excluding hydrogens is 412 g/mol. The van der Waals surface area contributed by atoms with Crippen LogP contribution < -0.4 is 15.0 Å². The number of nitrogens with zero attached hydrogens (tertiary/aromatic N) is 1. The van der Waals surface area contributed by atoms with E-state index in [2.05, 4.69) is 32.2 Å². The third-order valence-electron chi connectivity index (χ3n) is 6.43. The normalized spacial score (nSPS) is 21.3. The molecule has 33 heavy (non-hydrogen) atoms. The highest BCUT2D eigenvalue weighted by atomic mass is 16.5. The highest BCUT2D eigenvalue weighted by molar-refractivity contribution is 6.01. The van der Waals surface area contributed by atoms with Crippen molar-refractivity contribution in [3.05, 3.63) is 65.9 Å². The van der Waals surface area contributed by atoms with Crippen molar-refractivity contribution in [1.29, 1.82) is 0 Å². The first-order valence-electron chi connectivity index (χ1n) is 12.0. The van der Waals surface area contributed by atoms with Gasteiger partial charge in [-0.25, -0.2) is 0 Å². The molecule has 0 bridgehead atoms. The van der Waals surface area contributed by atoms with Gasteiger partial charge >= 0.3 is 0 Å². The van der Waals surface area contributed by atoms with Crippen LogP contribution in [0.5, 0.6) is 5.75 Å². The number of Topliss-reactive ketones (excluding diaryl/α,β-unsaturated/α-hetero) is 1. The van der Waals surface area contributed by atoms with E-state index in [4.69, 9.17) is 4.74 Å². The Morgan fingerprint density at radius 1 is 1.15 bits per heavy atom. The zero-order valence-corrected chi connectivity index (χ0v) is 20.1. The van der Waals surface area contributed by atoms with Gasteiger partial charge in [0.15, 0.2) is 0 Å². The number of hydrogen-bond donors (Lipinski definition) is 1. The van der Waals surface area contributed by atoms with Crippen LogP contribution in [0.4, 0.5) is 11.4 Å². The number of fused-ring (bicyclic) bond motifs is 2. The SMILES string of the molecule is CCCCOc1cccc([C@@H]2[C@@H]3C(=O)CC(C)(C)C=C3Nc3ccccc3N2C(=O)CC)c1. The number of unbranched alkanes of at least 4 members (excludes halogenated alkanes) is 1. The minimum atomic E-state index is -0.466. The monoisotopic (exact) mass is 446 g/mol. The van der Waals surface area contributed by atoms with Crippen molar-refractivity contribution in [3.63, 3.8) is 0 Å². The Hall–Kier alpha value is -3.08. The lowest BCUT2D eigenvalue weighted by Gasteiger charge is -2.39. The van der Waals surface area contributed by atoms with Gasteiger partial charge in [-0.05, 0) is 41.7 Å². The Morgan fingerprint density at radius 2 is 1.94 bits per heavy atom. The Balaban J connectivity index is 1.90. The Bertz CT molecular complexity index is 1070. The van der Waals surface area contributed by atoms with Crippen molar-refractivity contribution in [2.45, 2.75) is 59.4 Å². The quantitative estimate of drug-likeness (QED) is 0.531. The maximum atomic E-state index is 13.6. The first-order chi connectivity index (χ1) is 15.8. The Labute approximate surface area is 196 Å². The van der Waals surface area contributed by atoms with E-state index in [1.807, 2.05) is 60.4 Å². The minimum absolute atomic E-state index is 0.00885. The van der Waals surface area contributed by atoms with Gasteiger partial charge in [0.05, 0.1) is 29.9 Å². The molecule has 2 aliphatic rings. The minimum Gasteiger partial charge on any atom is -0.494 e. The summed E-state index contributed by atoms with van der Waals surface area (Å²) < 4.78 is 5.98. The van der Waals surface area contributed by atoms with Gasteiger partial charge in [-0.2, -0.15) is 0 Å². The number of hydrogen-bond acceptors (Lipinski definition) is 4. The van der Waals surface area contributed by atoms with Crippen LogP contribution >= 0.6 is 0 Å². The van der Waals surface area contributed by atoms with E-state index in [-0.39, 0.29) is 17.1 Å². The lowest BCUT2D eigenvalue weighted by atomic mass is 9.72. The number of amides is 1. The molecule has 1 amide bonds. The number of nitrogens with one attached hydrogen (secondary N) is 1. The van der Waals surface area contributed by atoms with Gasteiger partial charge in [0, 0.05) is 18.5 Å². The molecular formula is C28H34N2O3. The molecule has 0 spiro atoms. The van der Waals surface area contributed by atoms with Crippen LogP contribution in [0.15, 0.2) is 60.3 Å². The summed E-state index contributed by atoms with van der Waals surface area (Å²) in [7, 11) is 0. The summed E-state index contributed by atoms with van der Waals surface area (Å²) in [6.07, 6.45) is 5.00. The number of carbonyl (C=O) groups excluding carboxylic acids is 2. The van der Waals surface area contributed by atoms with Gasteiger partial charge in [-0.3, -0.25) is 9.59 Å². The van der Waals surface area contributed by atoms with Crippen LogP contribution in [0.25, 0.3) is 0 Å². The first-order valence-corrected chi connectivity index (χ1v) is 12.0. The molecule has 174 valence electrons. The highest BCUT2D eigenvalue weighted by Gasteiger charge is 2.46. The third-order valence-corrected chi connectivity index (χ3v) is 6.43. The topological polar surface area (TPSA) is 58.6 Å². The number of para-hydroxylation sites is 2. The fraction of sp³-hybridized carbons (Fsp3) is 0.429. The van der Waals surface area contributed by atoms with Gasteiger partial charge in [-0.15, -0.1) is 0 Å². The number of carbonyl (C=O) groups is 2. The van der Waals surface area contributed by atoms with Crippen molar-refractivity contribution >= 4 is 23.1 Å². The van der Waals surface area contributed by atoms with Crippen molar-refractivity contribution in [3.8, 4) is 5.75 Å². The van der Waals surface area contributed by atoms with Crippen LogP contribution in [0.1, 0.15) is 65.0 Å². The third kappa shape index (κ3) is 4.68. The molecule has 4 rings (SSSR count). The molecule has 1 aliphatic carbocycles. The average Bonchev–Trinajstić information content (AvgIpc) is 2.92. The van der Waals surface area contributed by atoms with Gasteiger partial charge in [0.2, 0.25) is 5.91 Å². The van der Waals surface area contributed by atoms with E-state index in [0.29, 0.717) is 19.4 Å². The smallest absolute Gasteiger partial charge is 0.227 e. The summed E-state index contributed by atoms with van der Waals surface area (Å²) >= 11 is 0. The number of ketones is 1. The zero-order chi connectivity index (χ0) is 23.6. The second-order valence-electron chi connectivity index (χ2n) is 9.69. The van der Waals surface area contributed by atoms with E-state index in [1.165, 1.54) is 0 Å². The molecule has 0 aromatic heterocycles. The lowest BCUT2D eigenvalue weighted by molar-refractivity contribution is -0.125. The largest absolute Gasteiger partial charge is 0.494 e. The molecule has 2 aromatic rings. The fourth-order valence-corrected chi connectivity index (χ4v) is 4.92. The standard InChI is InChI=1S/C28H34N2O3/c1-5-7-15-33-20-12-10-11-19(16-20)27-26-22(17-28(3,4)18-24(26)31)29-21-13-8-9-14-23(21)30(27)25(32)6-2/h8-14,16-17,26-27,29H,5-7,15,18H2,1-4H3/t26-,27+/m0/s1. The highest BCUT2D eigenvalue weighted by Crippen LogP contribution is 2.48. The van der Waals surface area contributed by atoms with E-state index in [0.717, 1.165) is 41.2 Å². The maximum Gasteiger partial charge on any atom is 0.227 e. The van der Waals surface area contributed by atoms with Gasteiger partial charge < -0.3 is 15.0 Å². The van der Waals surface area contributed by atoms with Gasteiger partial charge in [-0.1, -0.05) is 64.5 Å². The number of anilines is 2. The summed E-state index contributed by atoms with van der Waals surface area (Å²) in [6.45, 7) is 8.81. The van der Waals surface area contributed by atoms with E-state index in [9.17, 15) is 9.59 Å². The molecule has 5 nitrogen and oxygen atoms in total. The van der Waals surface area contributed by atoms with Crippen LogP contribution in [0, 0.1) is 11.3 Å². The summed E-state index contributed by atoms with van der Waals surface area (Å²) in [5, 5.41) is 3.53. The molecule has 0 unspecified atom stereocenters. The number of benzene rings is 2. The van der Waals surface area contributed by atoms with Crippen LogP contribution in [-0.4, -0.2) is 18.3 Å². The molecule has 1 aliphatic heterocycles. The summed E-state index contributed by atoms with van der Waals surface area (Å²) in [6, 6.07) is 15.3. The van der Waals surface area contributed by atoms with Crippen molar-refractivity contribution in [2.24, 2.45) is 11.3 Å². The molecule has 0 saturated carbocycles. The molecule has 0 fully saturated rings. The van der Waals surface area contributed by atoms with E-state index in [1.54, 1.807) is 0 Å². The number of allylic oxidation sites excluding steroid dienone is 1. The molecule has 0 radical (unpaired) electrons. The fourth-order valence-electron chi connectivity index (χ4n) is 4.92. The lowest BCUT2D eigenvalue weighted by Crippen LogP contribution is -2.43. The van der Waals surface area contributed by atoms with Crippen LogP contribution in [0.3, 0.4) is 0 Å². The second-order valence-corrected chi connectivity index (χ2v) is 9.69.